The second kappa shape index (κ2) is 11.0. The average Bonchev–Trinajstić information content (AvgIpc) is 3.37. The van der Waals surface area contributed by atoms with Gasteiger partial charge in [0.25, 0.3) is 5.91 Å². The zero-order valence-electron chi connectivity index (χ0n) is 24.2. The molecule has 2 amide bonds. The third-order valence-electron chi connectivity index (χ3n) is 7.53. The lowest BCUT2D eigenvalue weighted by atomic mass is 9.87. The number of aromatic nitrogens is 3. The Bertz CT molecular complexity index is 1500. The van der Waals surface area contributed by atoms with Gasteiger partial charge in [0, 0.05) is 22.1 Å². The van der Waals surface area contributed by atoms with E-state index in [0.29, 0.717) is 46.5 Å². The van der Waals surface area contributed by atoms with Gasteiger partial charge in [0.15, 0.2) is 5.67 Å². The number of hydrogen-bond donors (Lipinski definition) is 0. The van der Waals surface area contributed by atoms with Crippen molar-refractivity contribution in [1.82, 2.24) is 24.8 Å². The van der Waals surface area contributed by atoms with E-state index in [1.165, 1.54) is 4.90 Å². The molecule has 0 N–H and O–H groups in total. The molecule has 0 radical (unpaired) electrons. The predicted octanol–water partition coefficient (Wildman–Crippen LogP) is 7.05. The Morgan fingerprint density at radius 2 is 1.79 bits per heavy atom. The fraction of sp³-hybridized carbons (Fsp3) is 0.467. The Kier molecular flexibility index (Phi) is 7.91. The van der Waals surface area contributed by atoms with Gasteiger partial charge in [-0.3, -0.25) is 4.79 Å². The number of hydrogen-bond acceptors (Lipinski definition) is 6. The first-order valence-electron chi connectivity index (χ1n) is 13.8. The van der Waals surface area contributed by atoms with Crippen LogP contribution in [0.3, 0.4) is 0 Å². The van der Waals surface area contributed by atoms with Gasteiger partial charge in [-0.25, -0.2) is 13.9 Å². The molecule has 3 aromatic rings. The molecule has 2 aliphatic heterocycles. The monoisotopic (exact) mass is 617 g/mol. The maximum atomic E-state index is 15.6. The number of benzene rings is 2. The van der Waals surface area contributed by atoms with Gasteiger partial charge in [-0.1, -0.05) is 34.5 Å². The summed E-state index contributed by atoms with van der Waals surface area (Å²) in [7, 11) is 0. The van der Waals surface area contributed by atoms with Crippen molar-refractivity contribution in [3.8, 4) is 11.5 Å². The number of halogens is 3. The second-order valence-electron chi connectivity index (χ2n) is 12.5. The van der Waals surface area contributed by atoms with Gasteiger partial charge in [-0.15, -0.1) is 5.10 Å². The third-order valence-corrected chi connectivity index (χ3v) is 8.00. The molecular weight excluding hydrogens is 584 g/mol. The van der Waals surface area contributed by atoms with Crippen molar-refractivity contribution < 1.29 is 23.5 Å². The smallest absolute Gasteiger partial charge is 0.410 e. The molecule has 0 saturated carbocycles. The van der Waals surface area contributed by atoms with Crippen LogP contribution >= 0.6 is 23.2 Å². The Morgan fingerprint density at radius 3 is 2.48 bits per heavy atom. The van der Waals surface area contributed by atoms with Gasteiger partial charge in [-0.05, 0) is 83.9 Å². The number of amides is 2. The molecule has 0 aliphatic carbocycles. The maximum Gasteiger partial charge on any atom is 0.410 e. The Hall–Kier alpha value is -3.37. The number of carbonyl (C=O) groups is 2. The lowest BCUT2D eigenvalue weighted by Crippen LogP contribution is -2.59. The molecule has 5 rings (SSSR count). The van der Waals surface area contributed by atoms with E-state index in [0.717, 1.165) is 0 Å². The number of rotatable bonds is 5. The topological polar surface area (TPSA) is 89.8 Å². The summed E-state index contributed by atoms with van der Waals surface area (Å²) < 4.78 is 28.6. The quantitative estimate of drug-likeness (QED) is 0.305. The highest BCUT2D eigenvalue weighted by Gasteiger charge is 2.51. The number of piperidine rings is 1. The van der Waals surface area contributed by atoms with Crippen molar-refractivity contribution in [3.05, 3.63) is 70.0 Å². The number of ether oxygens (including phenoxy) is 2. The maximum absolute atomic E-state index is 15.6. The number of nitrogens with zero attached hydrogens (tertiary/aromatic N) is 5. The van der Waals surface area contributed by atoms with Crippen LogP contribution in [0, 0.1) is 0 Å². The van der Waals surface area contributed by atoms with E-state index in [9.17, 15) is 9.59 Å². The van der Waals surface area contributed by atoms with E-state index >= 15 is 4.39 Å². The van der Waals surface area contributed by atoms with Gasteiger partial charge >= 0.3 is 6.09 Å². The lowest BCUT2D eigenvalue weighted by Gasteiger charge is -2.45. The first kappa shape index (κ1) is 30.1. The van der Waals surface area contributed by atoms with Crippen LogP contribution in [0.5, 0.6) is 11.5 Å². The average molecular weight is 619 g/mol. The molecule has 42 heavy (non-hydrogen) atoms. The molecule has 0 spiro atoms. The summed E-state index contributed by atoms with van der Waals surface area (Å²) in [5, 5.41) is 9.24. The molecule has 1 unspecified atom stereocenters. The number of alkyl halides is 1. The molecule has 9 nitrogen and oxygen atoms in total. The SMILES string of the molecule is CC(C)(C)OC(=O)N1CC(F)(c2cn(C3CCC(C)(C)N(C(=O)c4cc(Cl)ccc4Oc4cccc(Cl)c4)C3)nn2)C1. The van der Waals surface area contributed by atoms with Crippen molar-refractivity contribution >= 4 is 35.2 Å². The van der Waals surface area contributed by atoms with Crippen LogP contribution < -0.4 is 4.74 Å². The summed E-state index contributed by atoms with van der Waals surface area (Å²) in [6.45, 7) is 9.30. The first-order chi connectivity index (χ1) is 19.6. The molecule has 2 aromatic carbocycles. The fourth-order valence-electron chi connectivity index (χ4n) is 5.18. The summed E-state index contributed by atoms with van der Waals surface area (Å²) in [6, 6.07) is 11.6. The first-order valence-corrected chi connectivity index (χ1v) is 14.5. The molecule has 12 heteroatoms. The van der Waals surface area contributed by atoms with E-state index in [-0.39, 0.29) is 30.7 Å². The van der Waals surface area contributed by atoms with Crippen molar-refractivity contribution in [3.63, 3.8) is 0 Å². The molecular formula is C30H34Cl2FN5O4. The minimum Gasteiger partial charge on any atom is -0.456 e. The van der Waals surface area contributed by atoms with E-state index in [4.69, 9.17) is 32.7 Å². The van der Waals surface area contributed by atoms with E-state index in [1.807, 2.05) is 13.8 Å². The fourth-order valence-corrected chi connectivity index (χ4v) is 5.53. The van der Waals surface area contributed by atoms with E-state index < -0.39 is 22.9 Å². The van der Waals surface area contributed by atoms with Crippen LogP contribution in [0.15, 0.2) is 48.7 Å². The summed E-state index contributed by atoms with van der Waals surface area (Å²) in [5.74, 6) is 0.594. The number of likely N-dealkylation sites (tertiary alicyclic amines) is 2. The van der Waals surface area contributed by atoms with Gasteiger partial charge in [0.2, 0.25) is 0 Å². The van der Waals surface area contributed by atoms with E-state index in [2.05, 4.69) is 10.3 Å². The Labute approximate surface area is 254 Å². The van der Waals surface area contributed by atoms with Crippen molar-refractivity contribution in [2.75, 3.05) is 19.6 Å². The minimum atomic E-state index is -1.81. The van der Waals surface area contributed by atoms with Crippen LogP contribution in [0.1, 0.15) is 69.6 Å². The summed E-state index contributed by atoms with van der Waals surface area (Å²) in [4.78, 5) is 29.4. The summed E-state index contributed by atoms with van der Waals surface area (Å²) in [6.07, 6.45) is 2.40. The molecule has 2 aliphatic rings. The zero-order valence-corrected chi connectivity index (χ0v) is 25.7. The molecule has 2 saturated heterocycles. The second-order valence-corrected chi connectivity index (χ2v) is 13.4. The molecule has 3 heterocycles. The van der Waals surface area contributed by atoms with Crippen molar-refractivity contribution in [2.24, 2.45) is 0 Å². The highest BCUT2D eigenvalue weighted by molar-refractivity contribution is 6.31. The standard InChI is InChI=1S/C30H34Cl2FN5O4/c1-28(2,3)42-27(40)36-17-30(33,18-36)25-16-38(35-34-25)21-11-12-29(4,5)37(15-21)26(39)23-14-20(32)9-10-24(23)41-22-8-6-7-19(31)13-22/h6-10,13-14,16,21H,11-12,15,17-18H2,1-5H3. The molecule has 2 fully saturated rings. The Morgan fingerprint density at radius 1 is 1.07 bits per heavy atom. The minimum absolute atomic E-state index is 0.150. The lowest BCUT2D eigenvalue weighted by molar-refractivity contribution is -0.0557. The van der Waals surface area contributed by atoms with E-state index in [1.54, 1.807) is 79.0 Å². The van der Waals surface area contributed by atoms with Crippen LogP contribution in [0.25, 0.3) is 0 Å². The van der Waals surface area contributed by atoms with Crippen LogP contribution in [0.2, 0.25) is 10.0 Å². The van der Waals surface area contributed by atoms with Gasteiger partial charge in [0.1, 0.15) is 22.8 Å². The predicted molar refractivity (Wildman–Crippen MR) is 157 cm³/mol. The van der Waals surface area contributed by atoms with Crippen LogP contribution in [-0.2, 0) is 10.4 Å². The van der Waals surface area contributed by atoms with Gasteiger partial charge < -0.3 is 19.3 Å². The van der Waals surface area contributed by atoms with Gasteiger partial charge in [0.05, 0.1) is 30.9 Å². The zero-order chi connectivity index (χ0) is 30.4. The molecule has 0 bridgehead atoms. The normalized spacial score (nSPS) is 19.7. The van der Waals surface area contributed by atoms with Crippen molar-refractivity contribution in [1.29, 1.82) is 0 Å². The van der Waals surface area contributed by atoms with Crippen molar-refractivity contribution in [2.45, 2.75) is 70.3 Å². The van der Waals surface area contributed by atoms with Crippen LogP contribution in [-0.4, -0.2) is 67.6 Å². The molecule has 1 aromatic heterocycles. The largest absolute Gasteiger partial charge is 0.456 e. The van der Waals surface area contributed by atoms with Crippen LogP contribution in [0.4, 0.5) is 9.18 Å². The number of carbonyl (C=O) groups excluding carboxylic acids is 2. The highest BCUT2D eigenvalue weighted by atomic mass is 35.5. The summed E-state index contributed by atoms with van der Waals surface area (Å²) >= 11 is 12.4. The molecule has 224 valence electrons. The highest BCUT2D eigenvalue weighted by Crippen LogP contribution is 2.39. The molecule has 1 atom stereocenters. The van der Waals surface area contributed by atoms with Gasteiger partial charge in [-0.2, -0.15) is 0 Å². The summed E-state index contributed by atoms with van der Waals surface area (Å²) in [5.41, 5.74) is -2.49. The Balaban J connectivity index is 1.33. The third kappa shape index (κ3) is 6.34.